The summed E-state index contributed by atoms with van der Waals surface area (Å²) in [5, 5.41) is 2.98. The van der Waals surface area contributed by atoms with E-state index in [2.05, 4.69) is 9.69 Å². The molecule has 10 heteroatoms. The third-order valence-corrected chi connectivity index (χ3v) is 6.05. The van der Waals surface area contributed by atoms with Gasteiger partial charge in [-0.15, -0.1) is 0 Å². The van der Waals surface area contributed by atoms with Gasteiger partial charge in [-0.25, -0.2) is 0 Å². The highest BCUT2D eigenvalue weighted by atomic mass is 32.1. The lowest BCUT2D eigenvalue weighted by Gasteiger charge is -2.33. The number of amides is 3. The summed E-state index contributed by atoms with van der Waals surface area (Å²) in [6.45, 7) is 9.88. The van der Waals surface area contributed by atoms with Crippen LogP contribution in [0.5, 0.6) is 5.75 Å². The number of primary amides is 1. The van der Waals surface area contributed by atoms with Crippen LogP contribution >= 0.6 is 11.5 Å². The number of aryl methyl sites for hydroxylation is 1. The van der Waals surface area contributed by atoms with Gasteiger partial charge in [0.15, 0.2) is 5.69 Å². The number of rotatable bonds is 8. The molecule has 0 saturated carbocycles. The van der Waals surface area contributed by atoms with E-state index in [1.165, 1.54) is 4.90 Å². The van der Waals surface area contributed by atoms with Gasteiger partial charge in [0.1, 0.15) is 16.7 Å². The summed E-state index contributed by atoms with van der Waals surface area (Å²) in [6.07, 6.45) is 0. The summed E-state index contributed by atoms with van der Waals surface area (Å²) in [7, 11) is 0. The molecule has 0 aliphatic heterocycles. The van der Waals surface area contributed by atoms with E-state index < -0.39 is 29.3 Å². The molecule has 0 unspecified atom stereocenters. The topological polar surface area (TPSA) is 141 Å². The van der Waals surface area contributed by atoms with Crippen LogP contribution in [0.2, 0.25) is 0 Å². The molecule has 0 spiro atoms. The summed E-state index contributed by atoms with van der Waals surface area (Å²) >= 11 is 0.767. The molecule has 0 aliphatic rings. The molecule has 0 fully saturated rings. The SMILES string of the molecule is CCOc1ccc([C@H](C(=O)NC(C)(C)C)N(C(=O)c2snc(C(N)=O)c2N)c2ccc(C)cc2)cc1. The average Bonchev–Trinajstić information content (AvgIpc) is 3.19. The molecule has 2 aromatic carbocycles. The number of nitrogens with one attached hydrogen (secondary N) is 1. The van der Waals surface area contributed by atoms with Crippen LogP contribution in [0.15, 0.2) is 48.5 Å². The molecule has 1 aromatic heterocycles. The molecule has 5 N–H and O–H groups in total. The van der Waals surface area contributed by atoms with E-state index >= 15 is 0 Å². The molecule has 0 aliphatic carbocycles. The van der Waals surface area contributed by atoms with E-state index in [-0.39, 0.29) is 16.3 Å². The van der Waals surface area contributed by atoms with Crippen molar-refractivity contribution in [2.75, 3.05) is 17.2 Å². The third kappa shape index (κ3) is 6.01. The van der Waals surface area contributed by atoms with Crippen molar-refractivity contribution in [1.82, 2.24) is 9.69 Å². The maximum atomic E-state index is 14.0. The second kappa shape index (κ2) is 10.8. The molecule has 1 atom stereocenters. The number of carbonyl (C=O) groups excluding carboxylic acids is 3. The Morgan fingerprint density at radius 1 is 1.08 bits per heavy atom. The maximum Gasteiger partial charge on any atom is 0.273 e. The first kappa shape index (κ1) is 26.7. The van der Waals surface area contributed by atoms with Gasteiger partial charge in [-0.1, -0.05) is 29.8 Å². The zero-order valence-corrected chi connectivity index (χ0v) is 21.8. The Labute approximate surface area is 214 Å². The van der Waals surface area contributed by atoms with E-state index in [9.17, 15) is 14.4 Å². The normalized spacial score (nSPS) is 12.0. The van der Waals surface area contributed by atoms with Gasteiger partial charge in [0.05, 0.1) is 12.3 Å². The minimum Gasteiger partial charge on any atom is -0.494 e. The summed E-state index contributed by atoms with van der Waals surface area (Å²) in [5.41, 5.74) is 12.6. The van der Waals surface area contributed by atoms with Crippen molar-refractivity contribution < 1.29 is 19.1 Å². The smallest absolute Gasteiger partial charge is 0.273 e. The van der Waals surface area contributed by atoms with Crippen LogP contribution in [0, 0.1) is 6.92 Å². The number of nitrogen functional groups attached to an aromatic ring is 1. The fourth-order valence-corrected chi connectivity index (χ4v) is 4.34. The molecule has 3 aromatic rings. The highest BCUT2D eigenvalue weighted by molar-refractivity contribution is 7.09. The molecule has 3 rings (SSSR count). The monoisotopic (exact) mass is 509 g/mol. The molecule has 9 nitrogen and oxygen atoms in total. The Morgan fingerprint density at radius 2 is 1.69 bits per heavy atom. The van der Waals surface area contributed by atoms with Crippen LogP contribution < -0.4 is 26.4 Å². The minimum absolute atomic E-state index is 0.0175. The second-order valence-corrected chi connectivity index (χ2v) is 10.1. The standard InChI is InChI=1S/C26H31N5O4S/c1-6-35-18-13-9-16(10-14-18)21(24(33)29-26(3,4)5)31(17-11-7-15(2)8-12-17)25(34)22-19(27)20(23(28)32)30-36-22/h7-14,21H,6,27H2,1-5H3,(H2,28,32)(H,29,33)/t21-/m1/s1. The number of hydrogen-bond donors (Lipinski definition) is 3. The molecule has 0 saturated heterocycles. The highest BCUT2D eigenvalue weighted by Crippen LogP contribution is 2.34. The van der Waals surface area contributed by atoms with Crippen molar-refractivity contribution >= 4 is 40.6 Å². The lowest BCUT2D eigenvalue weighted by Crippen LogP contribution is -2.49. The van der Waals surface area contributed by atoms with E-state index in [0.29, 0.717) is 23.6 Å². The van der Waals surface area contributed by atoms with E-state index in [0.717, 1.165) is 17.1 Å². The zero-order chi connectivity index (χ0) is 26.6. The van der Waals surface area contributed by atoms with Gasteiger partial charge in [-0.3, -0.25) is 19.3 Å². The number of hydrogen-bond acceptors (Lipinski definition) is 7. The van der Waals surface area contributed by atoms with Crippen molar-refractivity contribution in [3.05, 3.63) is 70.2 Å². The fraction of sp³-hybridized carbons (Fsp3) is 0.308. The minimum atomic E-state index is -1.06. The first-order chi connectivity index (χ1) is 16.9. The van der Waals surface area contributed by atoms with Crippen molar-refractivity contribution in [3.8, 4) is 5.75 Å². The summed E-state index contributed by atoms with van der Waals surface area (Å²) in [4.78, 5) is 40.8. The largest absolute Gasteiger partial charge is 0.494 e. The molecular formula is C26H31N5O4S. The Bertz CT molecular complexity index is 1250. The Hall–Kier alpha value is -3.92. The molecular weight excluding hydrogens is 478 g/mol. The van der Waals surface area contributed by atoms with Crippen LogP contribution in [0.1, 0.15) is 65.0 Å². The number of carbonyl (C=O) groups is 3. The summed E-state index contributed by atoms with van der Waals surface area (Å²) in [6, 6.07) is 13.1. The van der Waals surface area contributed by atoms with E-state index in [4.69, 9.17) is 16.2 Å². The lowest BCUT2D eigenvalue weighted by atomic mass is 10.00. The highest BCUT2D eigenvalue weighted by Gasteiger charge is 2.37. The van der Waals surface area contributed by atoms with Gasteiger partial charge in [-0.2, -0.15) is 4.37 Å². The van der Waals surface area contributed by atoms with Crippen molar-refractivity contribution in [2.24, 2.45) is 5.73 Å². The molecule has 190 valence electrons. The van der Waals surface area contributed by atoms with Crippen LogP contribution in [0.25, 0.3) is 0 Å². The van der Waals surface area contributed by atoms with Gasteiger partial charge in [0.2, 0.25) is 5.91 Å². The van der Waals surface area contributed by atoms with Crippen LogP contribution in [-0.4, -0.2) is 34.2 Å². The second-order valence-electron chi connectivity index (χ2n) is 9.29. The van der Waals surface area contributed by atoms with Crippen LogP contribution in [-0.2, 0) is 4.79 Å². The molecule has 1 heterocycles. The fourth-order valence-electron chi connectivity index (χ4n) is 3.60. The molecule has 0 bridgehead atoms. The molecule has 36 heavy (non-hydrogen) atoms. The first-order valence-corrected chi connectivity index (χ1v) is 12.2. The third-order valence-electron chi connectivity index (χ3n) is 5.20. The summed E-state index contributed by atoms with van der Waals surface area (Å²) < 4.78 is 9.52. The van der Waals surface area contributed by atoms with Gasteiger partial charge in [-0.05, 0) is 76.0 Å². The quantitative estimate of drug-likeness (QED) is 0.421. The summed E-state index contributed by atoms with van der Waals surface area (Å²) in [5.74, 6) is -1.16. The van der Waals surface area contributed by atoms with Gasteiger partial charge < -0.3 is 21.5 Å². The number of benzene rings is 2. The number of nitrogens with two attached hydrogens (primary N) is 2. The number of anilines is 2. The predicted octanol–water partition coefficient (Wildman–Crippen LogP) is 3.83. The number of ether oxygens (including phenoxy) is 1. The van der Waals surface area contributed by atoms with Gasteiger partial charge in [0, 0.05) is 11.2 Å². The van der Waals surface area contributed by atoms with Gasteiger partial charge in [0.25, 0.3) is 11.8 Å². The average molecular weight is 510 g/mol. The Balaban J connectivity index is 2.21. The van der Waals surface area contributed by atoms with E-state index in [1.54, 1.807) is 36.4 Å². The van der Waals surface area contributed by atoms with Gasteiger partial charge >= 0.3 is 0 Å². The molecule has 0 radical (unpaired) electrons. The predicted molar refractivity (Wildman–Crippen MR) is 141 cm³/mol. The number of aromatic nitrogens is 1. The Morgan fingerprint density at radius 3 is 2.19 bits per heavy atom. The lowest BCUT2D eigenvalue weighted by molar-refractivity contribution is -0.123. The van der Waals surface area contributed by atoms with Crippen molar-refractivity contribution in [1.29, 1.82) is 0 Å². The molecule has 3 amide bonds. The zero-order valence-electron chi connectivity index (χ0n) is 21.0. The van der Waals surface area contributed by atoms with Crippen LogP contribution in [0.3, 0.4) is 0 Å². The van der Waals surface area contributed by atoms with E-state index in [1.807, 2.05) is 46.8 Å². The maximum absolute atomic E-state index is 14.0. The van der Waals surface area contributed by atoms with Crippen molar-refractivity contribution in [2.45, 2.75) is 46.2 Å². The van der Waals surface area contributed by atoms with Crippen molar-refractivity contribution in [3.63, 3.8) is 0 Å². The van der Waals surface area contributed by atoms with Crippen LogP contribution in [0.4, 0.5) is 11.4 Å². The first-order valence-electron chi connectivity index (χ1n) is 11.4. The number of nitrogens with zero attached hydrogens (tertiary/aromatic N) is 2. The Kier molecular flexibility index (Phi) is 7.99.